The number of rotatable bonds is 6. The molecule has 0 atom stereocenters. The zero-order valence-electron chi connectivity index (χ0n) is 16.9. The molecule has 3 rings (SSSR count). The Hall–Kier alpha value is -3.20. The largest absolute Gasteiger partial charge is 0.454 e. The lowest BCUT2D eigenvalue weighted by Crippen LogP contribution is -2.37. The van der Waals surface area contributed by atoms with Crippen molar-refractivity contribution < 1.29 is 27.5 Å². The van der Waals surface area contributed by atoms with E-state index in [1.807, 2.05) is 32.0 Å². The van der Waals surface area contributed by atoms with Crippen molar-refractivity contribution in [2.24, 2.45) is 0 Å². The van der Waals surface area contributed by atoms with Crippen molar-refractivity contribution in [2.45, 2.75) is 25.3 Å². The molecule has 2 aromatic rings. The first-order valence-electron chi connectivity index (χ1n) is 9.23. The Kier molecular flexibility index (Phi) is 5.93. The predicted octanol–water partition coefficient (Wildman–Crippen LogP) is 1.65. The molecular formula is C21H22N2O6S. The third-order valence-electron chi connectivity index (χ3n) is 4.87. The number of carbonyl (C=O) groups is 3. The van der Waals surface area contributed by atoms with Gasteiger partial charge in [-0.05, 0) is 37.1 Å². The summed E-state index contributed by atoms with van der Waals surface area (Å²) in [5, 5.41) is 0. The van der Waals surface area contributed by atoms with Crippen LogP contribution in [-0.2, 0) is 30.9 Å². The molecule has 30 heavy (non-hydrogen) atoms. The Morgan fingerprint density at radius 2 is 1.80 bits per heavy atom. The lowest BCUT2D eigenvalue weighted by molar-refractivity contribution is -0.151. The molecule has 2 amide bonds. The Bertz CT molecular complexity index is 1130. The smallest absolute Gasteiger partial charge is 0.327 e. The maximum atomic E-state index is 12.5. The number of likely N-dealkylation sites (N-methyl/N-ethyl adjacent to an activating group) is 1. The fourth-order valence-corrected chi connectivity index (χ4v) is 4.68. The molecule has 0 N–H and O–H groups in total. The van der Waals surface area contributed by atoms with Gasteiger partial charge in [0.2, 0.25) is 0 Å². The number of nitrogens with zero attached hydrogens (tertiary/aromatic N) is 2. The SMILES string of the molecule is Cc1ccc(CN(C)C(=O)COC(=O)CN2C(=O)c3ccccc3S2(=O)=O)c(C)c1. The molecule has 0 unspecified atom stereocenters. The van der Waals surface area contributed by atoms with Crippen LogP contribution in [0.15, 0.2) is 47.4 Å². The normalized spacial score (nSPS) is 14.4. The van der Waals surface area contributed by atoms with Crippen LogP contribution in [0.25, 0.3) is 0 Å². The van der Waals surface area contributed by atoms with Crippen LogP contribution in [0.2, 0.25) is 0 Å². The van der Waals surface area contributed by atoms with E-state index in [-0.39, 0.29) is 10.5 Å². The second kappa shape index (κ2) is 8.27. The molecule has 0 saturated carbocycles. The molecule has 1 heterocycles. The topological polar surface area (TPSA) is 101 Å². The van der Waals surface area contributed by atoms with Crippen molar-refractivity contribution in [1.82, 2.24) is 9.21 Å². The Morgan fingerprint density at radius 1 is 1.10 bits per heavy atom. The highest BCUT2D eigenvalue weighted by atomic mass is 32.2. The standard InChI is InChI=1S/C21H22N2O6S/c1-14-8-9-16(15(2)10-14)11-22(3)19(24)13-29-20(25)12-23-21(26)17-6-4-5-7-18(17)30(23,27)28/h4-10H,11-13H2,1-3H3. The maximum absolute atomic E-state index is 12.5. The molecule has 1 aliphatic rings. The molecule has 0 aliphatic carbocycles. The van der Waals surface area contributed by atoms with E-state index in [1.165, 1.54) is 23.1 Å². The summed E-state index contributed by atoms with van der Waals surface area (Å²) >= 11 is 0. The number of hydrogen-bond acceptors (Lipinski definition) is 6. The van der Waals surface area contributed by atoms with Crippen LogP contribution in [0.5, 0.6) is 0 Å². The van der Waals surface area contributed by atoms with Gasteiger partial charge in [0.25, 0.3) is 21.8 Å². The number of hydrogen-bond donors (Lipinski definition) is 0. The number of aryl methyl sites for hydroxylation is 2. The quantitative estimate of drug-likeness (QED) is 0.646. The molecule has 0 bridgehead atoms. The van der Waals surface area contributed by atoms with E-state index >= 15 is 0 Å². The van der Waals surface area contributed by atoms with E-state index in [9.17, 15) is 22.8 Å². The highest BCUT2D eigenvalue weighted by Gasteiger charge is 2.42. The van der Waals surface area contributed by atoms with Gasteiger partial charge in [0.05, 0.1) is 5.56 Å². The number of amides is 2. The second-order valence-corrected chi connectivity index (χ2v) is 8.98. The highest BCUT2D eigenvalue weighted by molar-refractivity contribution is 7.90. The molecule has 0 spiro atoms. The third kappa shape index (κ3) is 4.20. The van der Waals surface area contributed by atoms with Crippen LogP contribution in [-0.4, -0.2) is 55.6 Å². The van der Waals surface area contributed by atoms with Crippen molar-refractivity contribution in [2.75, 3.05) is 20.2 Å². The van der Waals surface area contributed by atoms with Crippen LogP contribution in [0.1, 0.15) is 27.0 Å². The molecule has 2 aromatic carbocycles. The second-order valence-electron chi connectivity index (χ2n) is 7.15. The summed E-state index contributed by atoms with van der Waals surface area (Å²) in [6, 6.07) is 11.6. The van der Waals surface area contributed by atoms with Gasteiger partial charge in [-0.25, -0.2) is 12.7 Å². The van der Waals surface area contributed by atoms with Crippen molar-refractivity contribution in [3.63, 3.8) is 0 Å². The van der Waals surface area contributed by atoms with Crippen molar-refractivity contribution in [3.05, 3.63) is 64.7 Å². The number of sulfonamides is 1. The molecule has 0 fully saturated rings. The Morgan fingerprint density at radius 3 is 2.47 bits per heavy atom. The van der Waals surface area contributed by atoms with Gasteiger partial charge in [-0.2, -0.15) is 0 Å². The van der Waals surface area contributed by atoms with Crippen LogP contribution in [0.3, 0.4) is 0 Å². The number of esters is 1. The summed E-state index contributed by atoms with van der Waals surface area (Å²) in [5.41, 5.74) is 3.14. The summed E-state index contributed by atoms with van der Waals surface area (Å²) in [5.74, 6) is -2.21. The van der Waals surface area contributed by atoms with Crippen molar-refractivity contribution >= 4 is 27.8 Å². The zero-order chi connectivity index (χ0) is 22.1. The minimum atomic E-state index is -4.11. The van der Waals surface area contributed by atoms with E-state index in [4.69, 9.17) is 4.74 Å². The fourth-order valence-electron chi connectivity index (χ4n) is 3.17. The molecule has 1 aliphatic heterocycles. The van der Waals surface area contributed by atoms with Gasteiger partial charge in [-0.3, -0.25) is 14.4 Å². The Balaban J connectivity index is 1.57. The van der Waals surface area contributed by atoms with Gasteiger partial charge < -0.3 is 9.64 Å². The monoisotopic (exact) mass is 430 g/mol. The molecular weight excluding hydrogens is 408 g/mol. The van der Waals surface area contributed by atoms with Gasteiger partial charge in [0, 0.05) is 13.6 Å². The first kappa shape index (κ1) is 21.5. The summed E-state index contributed by atoms with van der Waals surface area (Å²) < 4.78 is 30.3. The zero-order valence-corrected chi connectivity index (χ0v) is 17.7. The lowest BCUT2D eigenvalue weighted by Gasteiger charge is -2.19. The first-order valence-corrected chi connectivity index (χ1v) is 10.7. The summed E-state index contributed by atoms with van der Waals surface area (Å²) in [6.07, 6.45) is 0. The lowest BCUT2D eigenvalue weighted by atomic mass is 10.1. The van der Waals surface area contributed by atoms with Gasteiger partial charge >= 0.3 is 5.97 Å². The molecule has 0 aromatic heterocycles. The minimum Gasteiger partial charge on any atom is -0.454 e. The number of ether oxygens (including phenoxy) is 1. The van der Waals surface area contributed by atoms with Crippen LogP contribution >= 0.6 is 0 Å². The molecule has 0 saturated heterocycles. The summed E-state index contributed by atoms with van der Waals surface area (Å²) in [4.78, 5) is 38.0. The van der Waals surface area contributed by atoms with E-state index in [2.05, 4.69) is 0 Å². The van der Waals surface area contributed by atoms with E-state index in [0.717, 1.165) is 16.7 Å². The van der Waals surface area contributed by atoms with Crippen molar-refractivity contribution in [1.29, 1.82) is 0 Å². The third-order valence-corrected chi connectivity index (χ3v) is 6.66. The number of fused-ring (bicyclic) bond motifs is 1. The summed E-state index contributed by atoms with van der Waals surface area (Å²) in [6.45, 7) is 2.94. The first-order chi connectivity index (χ1) is 14.1. The van der Waals surface area contributed by atoms with E-state index in [0.29, 0.717) is 10.8 Å². The van der Waals surface area contributed by atoms with Gasteiger partial charge in [-0.15, -0.1) is 0 Å². The van der Waals surface area contributed by atoms with Crippen LogP contribution in [0, 0.1) is 13.8 Å². The van der Waals surface area contributed by atoms with Gasteiger partial charge in [0.15, 0.2) is 6.61 Å². The average Bonchev–Trinajstić information content (AvgIpc) is 2.89. The predicted molar refractivity (Wildman–Crippen MR) is 108 cm³/mol. The molecule has 8 nitrogen and oxygen atoms in total. The van der Waals surface area contributed by atoms with Crippen LogP contribution in [0.4, 0.5) is 0 Å². The van der Waals surface area contributed by atoms with Gasteiger partial charge in [-0.1, -0.05) is 35.9 Å². The van der Waals surface area contributed by atoms with Crippen LogP contribution < -0.4 is 0 Å². The Labute approximate surface area is 175 Å². The maximum Gasteiger partial charge on any atom is 0.327 e. The van der Waals surface area contributed by atoms with Gasteiger partial charge in [0.1, 0.15) is 11.4 Å². The fraction of sp³-hybridized carbons (Fsp3) is 0.286. The van der Waals surface area contributed by atoms with Crippen molar-refractivity contribution in [3.8, 4) is 0 Å². The highest BCUT2D eigenvalue weighted by Crippen LogP contribution is 2.29. The average molecular weight is 430 g/mol. The van der Waals surface area contributed by atoms with E-state index in [1.54, 1.807) is 13.1 Å². The molecule has 9 heteroatoms. The summed E-state index contributed by atoms with van der Waals surface area (Å²) in [7, 11) is -2.52. The van der Waals surface area contributed by atoms with E-state index < -0.39 is 41.0 Å². The molecule has 0 radical (unpaired) electrons. The molecule has 158 valence electrons. The number of carbonyl (C=O) groups excluding carboxylic acids is 3. The minimum absolute atomic E-state index is 0.00887. The number of benzene rings is 2.